The van der Waals surface area contributed by atoms with Crippen LogP contribution in [0.25, 0.3) is 0 Å². The molecule has 1 aromatic rings. The molecule has 3 N–H and O–H groups in total. The fraction of sp³-hybridized carbons (Fsp3) is 0.455. The van der Waals surface area contributed by atoms with Gasteiger partial charge in [0.05, 0.1) is 6.61 Å². The van der Waals surface area contributed by atoms with Crippen LogP contribution in [-0.4, -0.2) is 18.8 Å². The lowest BCUT2D eigenvalue weighted by molar-refractivity contribution is 0.182. The molecule has 1 aromatic carbocycles. The fourth-order valence-electron chi connectivity index (χ4n) is 1.30. The average Bonchev–Trinajstić information content (AvgIpc) is 2.20. The van der Waals surface area contributed by atoms with E-state index in [9.17, 15) is 5.11 Å². The summed E-state index contributed by atoms with van der Waals surface area (Å²) in [6, 6.07) is 5.61. The van der Waals surface area contributed by atoms with Crippen molar-refractivity contribution in [3.05, 3.63) is 29.3 Å². The normalized spacial score (nSPS) is 12.8. The summed E-state index contributed by atoms with van der Waals surface area (Å²) in [5.74, 6) is 0.558. The second-order valence-corrected chi connectivity index (χ2v) is 3.46. The van der Waals surface area contributed by atoms with Crippen LogP contribution in [-0.2, 0) is 11.3 Å². The number of phenolic OH excluding ortho intramolecular Hbond substituents is 1. The summed E-state index contributed by atoms with van der Waals surface area (Å²) in [5, 5.41) is 9.65. The van der Waals surface area contributed by atoms with Crippen molar-refractivity contribution in [3.63, 3.8) is 0 Å². The van der Waals surface area contributed by atoms with Gasteiger partial charge in [-0.2, -0.15) is 0 Å². The predicted octanol–water partition coefficient (Wildman–Crippen LogP) is 1.60. The van der Waals surface area contributed by atoms with E-state index in [0.29, 0.717) is 13.2 Å². The minimum absolute atomic E-state index is 0.275. The first kappa shape index (κ1) is 11.0. The van der Waals surface area contributed by atoms with Gasteiger partial charge in [-0.15, -0.1) is 0 Å². The van der Waals surface area contributed by atoms with Gasteiger partial charge >= 0.3 is 0 Å². The zero-order valence-electron chi connectivity index (χ0n) is 8.66. The Hall–Kier alpha value is -1.06. The van der Waals surface area contributed by atoms with E-state index in [4.69, 9.17) is 10.5 Å². The summed E-state index contributed by atoms with van der Waals surface area (Å²) in [6.07, 6.45) is 0. The number of methoxy groups -OCH3 is 1. The number of nitrogens with two attached hydrogens (primary N) is 1. The summed E-state index contributed by atoms with van der Waals surface area (Å²) in [4.78, 5) is 0. The predicted molar refractivity (Wildman–Crippen MR) is 56.3 cm³/mol. The van der Waals surface area contributed by atoms with Gasteiger partial charge in [-0.3, -0.25) is 0 Å². The minimum atomic E-state index is 0.275. The van der Waals surface area contributed by atoms with Crippen LogP contribution in [0.1, 0.15) is 24.0 Å². The largest absolute Gasteiger partial charge is 0.508 e. The molecule has 3 nitrogen and oxygen atoms in total. The highest BCUT2D eigenvalue weighted by Gasteiger charge is 2.06. The van der Waals surface area contributed by atoms with Gasteiger partial charge in [0.2, 0.25) is 0 Å². The molecule has 78 valence electrons. The maximum atomic E-state index is 9.65. The Bertz CT molecular complexity index is 299. The summed E-state index contributed by atoms with van der Waals surface area (Å²) < 4.78 is 4.95. The molecular weight excluding hydrogens is 178 g/mol. The number of rotatable bonds is 4. The molecule has 0 amide bonds. The minimum Gasteiger partial charge on any atom is -0.508 e. The molecule has 0 fully saturated rings. The first-order valence-electron chi connectivity index (χ1n) is 4.69. The third kappa shape index (κ3) is 2.47. The van der Waals surface area contributed by atoms with Gasteiger partial charge in [0.25, 0.3) is 0 Å². The molecule has 0 spiro atoms. The standard InChI is InChI=1S/C11H17NO2/c1-8(6-12)9-3-4-10(7-14-2)11(13)5-9/h3-5,8,13H,6-7,12H2,1-2H3. The Balaban J connectivity index is 2.88. The lowest BCUT2D eigenvalue weighted by Gasteiger charge is -2.11. The smallest absolute Gasteiger partial charge is 0.121 e. The highest BCUT2D eigenvalue weighted by Crippen LogP contribution is 2.23. The van der Waals surface area contributed by atoms with Crippen molar-refractivity contribution in [2.75, 3.05) is 13.7 Å². The number of hydrogen-bond acceptors (Lipinski definition) is 3. The summed E-state index contributed by atoms with van der Waals surface area (Å²) in [7, 11) is 1.61. The van der Waals surface area contributed by atoms with Crippen LogP contribution in [0.4, 0.5) is 0 Å². The topological polar surface area (TPSA) is 55.5 Å². The molecule has 0 heterocycles. The molecule has 0 saturated carbocycles. The monoisotopic (exact) mass is 195 g/mol. The Labute approximate surface area is 84.5 Å². The van der Waals surface area contributed by atoms with Gasteiger partial charge < -0.3 is 15.6 Å². The van der Waals surface area contributed by atoms with Crippen molar-refractivity contribution in [2.24, 2.45) is 5.73 Å². The Morgan fingerprint density at radius 3 is 2.71 bits per heavy atom. The molecule has 0 aliphatic carbocycles. The van der Waals surface area contributed by atoms with E-state index in [2.05, 4.69) is 0 Å². The maximum Gasteiger partial charge on any atom is 0.121 e. The van der Waals surface area contributed by atoms with Crippen molar-refractivity contribution in [1.82, 2.24) is 0 Å². The van der Waals surface area contributed by atoms with Gasteiger partial charge in [-0.05, 0) is 24.1 Å². The quantitative estimate of drug-likeness (QED) is 0.767. The summed E-state index contributed by atoms with van der Waals surface area (Å²) in [6.45, 7) is 3.05. The molecule has 0 aliphatic heterocycles. The molecule has 14 heavy (non-hydrogen) atoms. The molecule has 0 radical (unpaired) electrons. The Morgan fingerprint density at radius 1 is 1.50 bits per heavy atom. The molecule has 3 heteroatoms. The van der Waals surface area contributed by atoms with E-state index in [1.54, 1.807) is 13.2 Å². The Morgan fingerprint density at radius 2 is 2.21 bits per heavy atom. The number of aromatic hydroxyl groups is 1. The van der Waals surface area contributed by atoms with E-state index in [-0.39, 0.29) is 11.7 Å². The second-order valence-electron chi connectivity index (χ2n) is 3.46. The highest BCUT2D eigenvalue weighted by atomic mass is 16.5. The van der Waals surface area contributed by atoms with E-state index in [0.717, 1.165) is 11.1 Å². The van der Waals surface area contributed by atoms with Crippen molar-refractivity contribution >= 4 is 0 Å². The van der Waals surface area contributed by atoms with Gasteiger partial charge in [-0.25, -0.2) is 0 Å². The van der Waals surface area contributed by atoms with Gasteiger partial charge in [0.15, 0.2) is 0 Å². The third-order valence-corrected chi connectivity index (χ3v) is 2.33. The van der Waals surface area contributed by atoms with Crippen LogP contribution in [0.15, 0.2) is 18.2 Å². The van der Waals surface area contributed by atoms with Crippen LogP contribution in [0.3, 0.4) is 0 Å². The lowest BCUT2D eigenvalue weighted by Crippen LogP contribution is -2.08. The van der Waals surface area contributed by atoms with Crippen molar-refractivity contribution in [3.8, 4) is 5.75 Å². The number of phenols is 1. The van der Waals surface area contributed by atoms with Crippen molar-refractivity contribution < 1.29 is 9.84 Å². The summed E-state index contributed by atoms with van der Waals surface area (Å²) >= 11 is 0. The van der Waals surface area contributed by atoms with E-state index < -0.39 is 0 Å². The van der Waals surface area contributed by atoms with E-state index >= 15 is 0 Å². The first-order chi connectivity index (χ1) is 6.69. The van der Waals surface area contributed by atoms with Crippen LogP contribution in [0.5, 0.6) is 5.75 Å². The van der Waals surface area contributed by atoms with E-state index in [1.165, 1.54) is 0 Å². The summed E-state index contributed by atoms with van der Waals surface area (Å²) in [5.41, 5.74) is 7.41. The number of ether oxygens (including phenoxy) is 1. The molecular formula is C11H17NO2. The molecule has 0 aromatic heterocycles. The second kappa shape index (κ2) is 4.98. The maximum absolute atomic E-state index is 9.65. The zero-order chi connectivity index (χ0) is 10.6. The zero-order valence-corrected chi connectivity index (χ0v) is 8.66. The molecule has 0 aliphatic rings. The van der Waals surface area contributed by atoms with Crippen LogP contribution >= 0.6 is 0 Å². The molecule has 1 rings (SSSR count). The van der Waals surface area contributed by atoms with Crippen molar-refractivity contribution in [2.45, 2.75) is 19.4 Å². The fourth-order valence-corrected chi connectivity index (χ4v) is 1.30. The van der Waals surface area contributed by atoms with Gasteiger partial charge in [0.1, 0.15) is 5.75 Å². The van der Waals surface area contributed by atoms with Gasteiger partial charge in [0, 0.05) is 12.7 Å². The molecule has 0 bridgehead atoms. The van der Waals surface area contributed by atoms with Crippen LogP contribution < -0.4 is 5.73 Å². The average molecular weight is 195 g/mol. The highest BCUT2D eigenvalue weighted by molar-refractivity contribution is 5.37. The third-order valence-electron chi connectivity index (χ3n) is 2.33. The van der Waals surface area contributed by atoms with Crippen LogP contribution in [0.2, 0.25) is 0 Å². The SMILES string of the molecule is COCc1ccc(C(C)CN)cc1O. The number of benzene rings is 1. The Kier molecular flexibility index (Phi) is 3.92. The number of hydrogen-bond donors (Lipinski definition) is 2. The molecule has 0 saturated heterocycles. The lowest BCUT2D eigenvalue weighted by atomic mass is 9.99. The first-order valence-corrected chi connectivity index (χ1v) is 4.69. The van der Waals surface area contributed by atoms with Crippen molar-refractivity contribution in [1.29, 1.82) is 0 Å². The molecule has 1 atom stereocenters. The van der Waals surface area contributed by atoms with Gasteiger partial charge in [-0.1, -0.05) is 19.1 Å². The molecule has 1 unspecified atom stereocenters. The van der Waals surface area contributed by atoms with E-state index in [1.807, 2.05) is 19.1 Å². The van der Waals surface area contributed by atoms with Crippen LogP contribution in [0, 0.1) is 0 Å².